The number of benzene rings is 2. The van der Waals surface area contributed by atoms with E-state index in [0.29, 0.717) is 5.75 Å². The molecule has 0 unspecified atom stereocenters. The van der Waals surface area contributed by atoms with Gasteiger partial charge in [-0.15, -0.1) is 11.3 Å². The first-order valence-corrected chi connectivity index (χ1v) is 8.48. The summed E-state index contributed by atoms with van der Waals surface area (Å²) in [7, 11) is 1.91. The highest BCUT2D eigenvalue weighted by atomic mass is 32.2. The number of nitrogens with one attached hydrogen (secondary N) is 1. The fourth-order valence-electron chi connectivity index (χ4n) is 2.10. The third-order valence-electron chi connectivity index (χ3n) is 3.18. The maximum Gasteiger partial charge on any atom is 0.151 e. The molecule has 1 N–H and O–H groups in total. The van der Waals surface area contributed by atoms with E-state index >= 15 is 0 Å². The molecule has 2 aromatic carbocycles. The van der Waals surface area contributed by atoms with Crippen LogP contribution >= 0.6 is 23.1 Å². The maximum absolute atomic E-state index is 12.2. The zero-order valence-corrected chi connectivity index (χ0v) is 13.2. The standard InChI is InChI=1S/C16H15FN2S2/c1-18-13-5-2-11(3-6-13)12-4-7-14-15(10-12)21-16(19-14)20-9-8-17/h2-7,10,18H,8-9H2,1H3. The minimum atomic E-state index is -0.316. The number of nitrogens with zero attached hydrogens (tertiary/aromatic N) is 1. The number of thioether (sulfide) groups is 1. The monoisotopic (exact) mass is 318 g/mol. The van der Waals surface area contributed by atoms with E-state index in [2.05, 4.69) is 46.7 Å². The molecule has 0 saturated carbocycles. The van der Waals surface area contributed by atoms with Gasteiger partial charge >= 0.3 is 0 Å². The Hall–Kier alpha value is -1.59. The van der Waals surface area contributed by atoms with Crippen molar-refractivity contribution in [3.63, 3.8) is 0 Å². The molecule has 2 nitrogen and oxygen atoms in total. The van der Waals surface area contributed by atoms with Crippen molar-refractivity contribution in [3.8, 4) is 11.1 Å². The average Bonchev–Trinajstić information content (AvgIpc) is 2.95. The van der Waals surface area contributed by atoms with Gasteiger partial charge in [-0.2, -0.15) is 0 Å². The quantitative estimate of drug-likeness (QED) is 0.665. The van der Waals surface area contributed by atoms with Crippen molar-refractivity contribution in [2.75, 3.05) is 24.8 Å². The number of anilines is 1. The number of hydrogen-bond donors (Lipinski definition) is 1. The molecular formula is C16H15FN2S2. The molecule has 0 aliphatic rings. The van der Waals surface area contributed by atoms with Crippen molar-refractivity contribution < 1.29 is 4.39 Å². The van der Waals surface area contributed by atoms with E-state index in [1.54, 1.807) is 11.3 Å². The highest BCUT2D eigenvalue weighted by molar-refractivity contribution is 8.01. The normalized spacial score (nSPS) is 11.0. The van der Waals surface area contributed by atoms with Gasteiger partial charge in [0.15, 0.2) is 4.34 Å². The minimum Gasteiger partial charge on any atom is -0.388 e. The van der Waals surface area contributed by atoms with Crippen LogP contribution in [-0.2, 0) is 0 Å². The molecule has 1 heterocycles. The molecule has 5 heteroatoms. The van der Waals surface area contributed by atoms with Crippen molar-refractivity contribution in [1.29, 1.82) is 0 Å². The van der Waals surface area contributed by atoms with Crippen LogP contribution in [0.25, 0.3) is 21.3 Å². The average molecular weight is 318 g/mol. The van der Waals surface area contributed by atoms with Crippen molar-refractivity contribution in [2.24, 2.45) is 0 Å². The summed E-state index contributed by atoms with van der Waals surface area (Å²) >= 11 is 3.10. The molecule has 0 spiro atoms. The maximum atomic E-state index is 12.2. The van der Waals surface area contributed by atoms with Crippen LogP contribution < -0.4 is 5.32 Å². The molecule has 1 aromatic heterocycles. The summed E-state index contributed by atoms with van der Waals surface area (Å²) < 4.78 is 14.3. The van der Waals surface area contributed by atoms with E-state index in [1.165, 1.54) is 22.9 Å². The number of aromatic nitrogens is 1. The van der Waals surface area contributed by atoms with E-state index in [1.807, 2.05) is 13.1 Å². The Morgan fingerprint density at radius 1 is 1.14 bits per heavy atom. The van der Waals surface area contributed by atoms with Crippen LogP contribution in [0, 0.1) is 0 Å². The zero-order valence-electron chi connectivity index (χ0n) is 11.6. The molecule has 0 amide bonds. The Morgan fingerprint density at radius 3 is 2.62 bits per heavy atom. The van der Waals surface area contributed by atoms with Crippen molar-refractivity contribution in [3.05, 3.63) is 42.5 Å². The molecule has 21 heavy (non-hydrogen) atoms. The molecule has 3 aromatic rings. The number of halogens is 1. The third-order valence-corrected chi connectivity index (χ3v) is 5.29. The number of rotatable bonds is 5. The molecule has 0 saturated heterocycles. The van der Waals surface area contributed by atoms with Gasteiger partial charge < -0.3 is 5.32 Å². The number of fused-ring (bicyclic) bond motifs is 1. The summed E-state index contributed by atoms with van der Waals surface area (Å²) in [5.74, 6) is 0.470. The second-order valence-electron chi connectivity index (χ2n) is 4.53. The Bertz CT molecular complexity index is 738. The fourth-order valence-corrected chi connectivity index (χ4v) is 4.01. The lowest BCUT2D eigenvalue weighted by Gasteiger charge is -2.04. The first-order valence-electron chi connectivity index (χ1n) is 6.67. The summed E-state index contributed by atoms with van der Waals surface area (Å²) in [5, 5.41) is 3.12. The molecule has 0 bridgehead atoms. The smallest absolute Gasteiger partial charge is 0.151 e. The molecular weight excluding hydrogens is 303 g/mol. The van der Waals surface area contributed by atoms with Crippen molar-refractivity contribution in [2.45, 2.75) is 4.34 Å². The van der Waals surface area contributed by atoms with Gasteiger partial charge in [0.2, 0.25) is 0 Å². The Labute approximate surface area is 131 Å². The van der Waals surface area contributed by atoms with E-state index in [-0.39, 0.29) is 6.67 Å². The summed E-state index contributed by atoms with van der Waals surface area (Å²) in [6.07, 6.45) is 0. The lowest BCUT2D eigenvalue weighted by Crippen LogP contribution is -1.86. The summed E-state index contributed by atoms with van der Waals surface area (Å²) in [4.78, 5) is 4.52. The highest BCUT2D eigenvalue weighted by Gasteiger charge is 2.06. The summed E-state index contributed by atoms with van der Waals surface area (Å²) in [6, 6.07) is 14.6. The second-order valence-corrected chi connectivity index (χ2v) is 6.90. The lowest BCUT2D eigenvalue weighted by molar-refractivity contribution is 0.533. The largest absolute Gasteiger partial charge is 0.388 e. The van der Waals surface area contributed by atoms with Crippen LogP contribution in [0.5, 0.6) is 0 Å². The second kappa shape index (κ2) is 6.45. The van der Waals surface area contributed by atoms with Crippen LogP contribution in [-0.4, -0.2) is 24.5 Å². The fraction of sp³-hybridized carbons (Fsp3) is 0.188. The van der Waals surface area contributed by atoms with Crippen LogP contribution in [0.3, 0.4) is 0 Å². The lowest BCUT2D eigenvalue weighted by atomic mass is 10.1. The van der Waals surface area contributed by atoms with Gasteiger partial charge in [-0.3, -0.25) is 4.39 Å². The predicted molar refractivity (Wildman–Crippen MR) is 91.3 cm³/mol. The predicted octanol–water partition coefficient (Wildman–Crippen LogP) is 5.07. The van der Waals surface area contributed by atoms with Crippen LogP contribution in [0.4, 0.5) is 10.1 Å². The molecule has 0 aliphatic heterocycles. The topological polar surface area (TPSA) is 24.9 Å². The van der Waals surface area contributed by atoms with E-state index in [4.69, 9.17) is 0 Å². The van der Waals surface area contributed by atoms with Gasteiger partial charge in [0, 0.05) is 18.5 Å². The summed E-state index contributed by atoms with van der Waals surface area (Å²) in [5.41, 5.74) is 4.44. The van der Waals surface area contributed by atoms with Crippen molar-refractivity contribution >= 4 is 39.0 Å². The van der Waals surface area contributed by atoms with Gasteiger partial charge in [-0.05, 0) is 35.4 Å². The van der Waals surface area contributed by atoms with Gasteiger partial charge in [0.25, 0.3) is 0 Å². The van der Waals surface area contributed by atoms with Crippen molar-refractivity contribution in [1.82, 2.24) is 4.98 Å². The number of alkyl halides is 1. The first kappa shape index (κ1) is 14.4. The SMILES string of the molecule is CNc1ccc(-c2ccc3nc(SCCF)sc3c2)cc1. The Morgan fingerprint density at radius 2 is 1.90 bits per heavy atom. The van der Waals surface area contributed by atoms with Gasteiger partial charge in [-0.25, -0.2) is 4.98 Å². The van der Waals surface area contributed by atoms with Crippen LogP contribution in [0.2, 0.25) is 0 Å². The molecule has 0 fully saturated rings. The highest BCUT2D eigenvalue weighted by Crippen LogP contribution is 2.32. The van der Waals surface area contributed by atoms with E-state index < -0.39 is 0 Å². The van der Waals surface area contributed by atoms with Crippen LogP contribution in [0.15, 0.2) is 46.8 Å². The first-order chi connectivity index (χ1) is 10.3. The molecule has 0 aliphatic carbocycles. The van der Waals surface area contributed by atoms with E-state index in [0.717, 1.165) is 20.2 Å². The molecule has 0 radical (unpaired) electrons. The van der Waals surface area contributed by atoms with Gasteiger partial charge in [0.1, 0.15) is 0 Å². The molecule has 0 atom stereocenters. The third kappa shape index (κ3) is 3.19. The van der Waals surface area contributed by atoms with E-state index in [9.17, 15) is 4.39 Å². The molecule has 108 valence electrons. The Kier molecular flexibility index (Phi) is 4.41. The number of hydrogen-bond acceptors (Lipinski definition) is 4. The zero-order chi connectivity index (χ0) is 14.7. The van der Waals surface area contributed by atoms with Crippen LogP contribution in [0.1, 0.15) is 0 Å². The van der Waals surface area contributed by atoms with Gasteiger partial charge in [-0.1, -0.05) is 30.0 Å². The number of thiazole rings is 1. The van der Waals surface area contributed by atoms with Gasteiger partial charge in [0.05, 0.1) is 16.9 Å². The minimum absolute atomic E-state index is 0.316. The molecule has 3 rings (SSSR count). The Balaban J connectivity index is 1.92. The summed E-state index contributed by atoms with van der Waals surface area (Å²) in [6.45, 7) is -0.316.